The second-order valence-electron chi connectivity index (χ2n) is 1.11. The molecule has 4 heteroatoms. The van der Waals surface area contributed by atoms with Gasteiger partial charge >= 0.3 is 6.04 Å². The fourth-order valence-corrected chi connectivity index (χ4v) is 0.785. The van der Waals surface area contributed by atoms with Crippen molar-refractivity contribution in [2.45, 2.75) is 0 Å². The summed E-state index contributed by atoms with van der Waals surface area (Å²) in [4.78, 5) is 13.2. The van der Waals surface area contributed by atoms with Gasteiger partial charge < -0.3 is 0 Å². The van der Waals surface area contributed by atoms with E-state index in [1.807, 2.05) is 0 Å². The van der Waals surface area contributed by atoms with Crippen LogP contribution in [0.25, 0.3) is 0 Å². The van der Waals surface area contributed by atoms with E-state index in [0.29, 0.717) is 0 Å². The maximum atomic E-state index is 11.6. The Balaban J connectivity index is 2.93. The second-order valence-corrected chi connectivity index (χ2v) is 2.01. The van der Waals surface area contributed by atoms with Gasteiger partial charge in [-0.15, -0.1) is 11.3 Å². The summed E-state index contributed by atoms with van der Waals surface area (Å²) in [6, 6.07) is -1.46. The summed E-state index contributed by atoms with van der Waals surface area (Å²) < 4.78 is 11.6. The Kier molecular flexibility index (Phi) is 1.34. The zero-order chi connectivity index (χ0) is 5.98. The highest BCUT2D eigenvalue weighted by atomic mass is 32.1. The highest BCUT2D eigenvalue weighted by Crippen LogP contribution is 2.04. The lowest BCUT2D eigenvalue weighted by Gasteiger charge is -1.73. The van der Waals surface area contributed by atoms with E-state index in [2.05, 4.69) is 4.98 Å². The molecule has 8 heavy (non-hydrogen) atoms. The minimum absolute atomic E-state index is 0.0787. The summed E-state index contributed by atoms with van der Waals surface area (Å²) in [5.74, 6) is 0. The summed E-state index contributed by atoms with van der Waals surface area (Å²) in [5.41, 5.74) is 0. The topological polar surface area (TPSA) is 30.0 Å². The van der Waals surface area contributed by atoms with Gasteiger partial charge in [0.25, 0.3) is 0 Å². The molecule has 2 nitrogen and oxygen atoms in total. The van der Waals surface area contributed by atoms with Crippen LogP contribution < -0.4 is 0 Å². The van der Waals surface area contributed by atoms with E-state index in [0.717, 1.165) is 11.3 Å². The predicted molar refractivity (Wildman–Crippen MR) is 27.6 cm³/mol. The molecule has 1 rings (SSSR count). The normalized spacial score (nSPS) is 9.12. The van der Waals surface area contributed by atoms with Crippen LogP contribution in [0.5, 0.6) is 0 Å². The quantitative estimate of drug-likeness (QED) is 0.537. The van der Waals surface area contributed by atoms with Gasteiger partial charge in [-0.25, -0.2) is 4.98 Å². The summed E-state index contributed by atoms with van der Waals surface area (Å²) >= 11 is 0.995. The van der Waals surface area contributed by atoms with Gasteiger partial charge in [-0.3, -0.25) is 4.79 Å². The van der Waals surface area contributed by atoms with E-state index in [1.165, 1.54) is 6.20 Å². The molecule has 0 N–H and O–H groups in total. The molecule has 0 aliphatic heterocycles. The van der Waals surface area contributed by atoms with E-state index in [-0.39, 0.29) is 5.01 Å². The smallest absolute Gasteiger partial charge is 0.253 e. The first-order chi connectivity index (χ1) is 3.80. The Hall–Kier alpha value is -0.770. The van der Waals surface area contributed by atoms with Crippen LogP contribution in [0.4, 0.5) is 4.39 Å². The maximum absolute atomic E-state index is 11.6. The van der Waals surface area contributed by atoms with Crippen LogP contribution in [0, 0.1) is 0 Å². The molecule has 0 amide bonds. The van der Waals surface area contributed by atoms with Crippen molar-refractivity contribution in [1.82, 2.24) is 4.98 Å². The van der Waals surface area contributed by atoms with Crippen molar-refractivity contribution in [3.05, 3.63) is 16.6 Å². The number of aromatic nitrogens is 1. The third kappa shape index (κ3) is 0.894. The molecule has 1 heterocycles. The molecule has 0 spiro atoms. The lowest BCUT2D eigenvalue weighted by molar-refractivity contribution is 0.0835. The number of hydrogen-bond donors (Lipinski definition) is 0. The number of carbonyl (C=O) groups is 1. The van der Waals surface area contributed by atoms with Gasteiger partial charge in [0, 0.05) is 11.6 Å². The summed E-state index contributed by atoms with van der Waals surface area (Å²) in [6.07, 6.45) is 1.39. The molecule has 0 atom stereocenters. The van der Waals surface area contributed by atoms with Crippen molar-refractivity contribution in [2.75, 3.05) is 0 Å². The molecule has 0 unspecified atom stereocenters. The van der Waals surface area contributed by atoms with E-state index in [9.17, 15) is 9.18 Å². The Bertz CT molecular complexity index is 184. The van der Waals surface area contributed by atoms with Gasteiger partial charge in [-0.1, -0.05) is 0 Å². The molecule has 1 aromatic rings. The first-order valence-electron chi connectivity index (χ1n) is 1.90. The monoisotopic (exact) mass is 131 g/mol. The van der Waals surface area contributed by atoms with Crippen molar-refractivity contribution in [3.8, 4) is 0 Å². The zero-order valence-electron chi connectivity index (χ0n) is 3.80. The van der Waals surface area contributed by atoms with Crippen LogP contribution in [0.3, 0.4) is 0 Å². The highest BCUT2D eigenvalue weighted by Gasteiger charge is 2.03. The first-order valence-corrected chi connectivity index (χ1v) is 2.78. The average Bonchev–Trinajstić information content (AvgIpc) is 2.12. The Morgan fingerprint density at radius 3 is 2.88 bits per heavy atom. The average molecular weight is 131 g/mol. The predicted octanol–water partition coefficient (Wildman–Crippen LogP) is 1.25. The van der Waals surface area contributed by atoms with Gasteiger partial charge in [-0.2, -0.15) is 4.39 Å². The maximum Gasteiger partial charge on any atom is 0.360 e. The molecular weight excluding hydrogens is 129 g/mol. The lowest BCUT2D eigenvalue weighted by atomic mass is 10.8. The summed E-state index contributed by atoms with van der Waals surface area (Å²) in [7, 11) is 0. The highest BCUT2D eigenvalue weighted by molar-refractivity contribution is 7.11. The van der Waals surface area contributed by atoms with Crippen LogP contribution in [-0.2, 0) is 0 Å². The van der Waals surface area contributed by atoms with E-state index in [4.69, 9.17) is 0 Å². The molecule has 0 fully saturated rings. The van der Waals surface area contributed by atoms with E-state index in [1.54, 1.807) is 5.38 Å². The standard InChI is InChI=1S/C4H2FNOS/c5-3(7)4-6-1-2-8-4/h1-2H. The molecule has 0 radical (unpaired) electrons. The lowest BCUT2D eigenvalue weighted by Crippen LogP contribution is -1.84. The Morgan fingerprint density at radius 1 is 1.88 bits per heavy atom. The second kappa shape index (κ2) is 2.00. The third-order valence-electron chi connectivity index (χ3n) is 0.600. The fourth-order valence-electron chi connectivity index (χ4n) is 0.321. The largest absolute Gasteiger partial charge is 0.360 e. The summed E-state index contributed by atoms with van der Waals surface area (Å²) in [6.45, 7) is 0. The molecule has 0 bridgehead atoms. The fraction of sp³-hybridized carbons (Fsp3) is 0. The molecular formula is C4H2FNOS. The van der Waals surface area contributed by atoms with Crippen molar-refractivity contribution >= 4 is 17.4 Å². The first kappa shape index (κ1) is 5.37. The number of thiazole rings is 1. The molecule has 0 aliphatic carbocycles. The molecule has 1 aromatic heterocycles. The molecule has 0 aliphatic rings. The van der Waals surface area contributed by atoms with Crippen LogP contribution in [0.1, 0.15) is 9.80 Å². The minimum Gasteiger partial charge on any atom is -0.253 e. The SMILES string of the molecule is O=C(F)c1nccs1. The van der Waals surface area contributed by atoms with Crippen molar-refractivity contribution in [3.63, 3.8) is 0 Å². The van der Waals surface area contributed by atoms with Crippen LogP contribution >= 0.6 is 11.3 Å². The molecule has 0 saturated heterocycles. The summed E-state index contributed by atoms with van der Waals surface area (Å²) in [5, 5.41) is 1.47. The van der Waals surface area contributed by atoms with E-state index < -0.39 is 6.04 Å². The Morgan fingerprint density at radius 2 is 2.62 bits per heavy atom. The third-order valence-corrected chi connectivity index (χ3v) is 1.35. The van der Waals surface area contributed by atoms with Gasteiger partial charge in [0.15, 0.2) is 5.01 Å². The minimum atomic E-state index is -1.46. The molecule has 0 saturated carbocycles. The van der Waals surface area contributed by atoms with Crippen LogP contribution in [0.2, 0.25) is 0 Å². The van der Waals surface area contributed by atoms with Gasteiger partial charge in [0.1, 0.15) is 0 Å². The number of hydrogen-bond acceptors (Lipinski definition) is 3. The molecule has 0 aromatic carbocycles. The van der Waals surface area contributed by atoms with Crippen molar-refractivity contribution in [2.24, 2.45) is 0 Å². The zero-order valence-corrected chi connectivity index (χ0v) is 4.61. The molecule has 42 valence electrons. The van der Waals surface area contributed by atoms with Crippen molar-refractivity contribution < 1.29 is 9.18 Å². The van der Waals surface area contributed by atoms with Gasteiger partial charge in [-0.05, 0) is 0 Å². The number of rotatable bonds is 1. The van der Waals surface area contributed by atoms with Gasteiger partial charge in [0.05, 0.1) is 0 Å². The van der Waals surface area contributed by atoms with Crippen molar-refractivity contribution in [1.29, 1.82) is 0 Å². The number of carbonyl (C=O) groups excluding carboxylic acids is 1. The van der Waals surface area contributed by atoms with E-state index >= 15 is 0 Å². The van der Waals surface area contributed by atoms with Crippen LogP contribution in [-0.4, -0.2) is 11.0 Å². The number of halogens is 1. The van der Waals surface area contributed by atoms with Crippen LogP contribution in [0.15, 0.2) is 11.6 Å². The Labute approximate surface area is 49.0 Å². The van der Waals surface area contributed by atoms with Gasteiger partial charge in [0.2, 0.25) is 0 Å². The number of nitrogens with zero attached hydrogens (tertiary/aromatic N) is 1.